The van der Waals surface area contributed by atoms with Crippen molar-refractivity contribution in [2.24, 2.45) is 0 Å². The minimum absolute atomic E-state index is 0.00907. The van der Waals surface area contributed by atoms with Gasteiger partial charge in [0.2, 0.25) is 0 Å². The molecule has 0 atom stereocenters. The van der Waals surface area contributed by atoms with Gasteiger partial charge in [0, 0.05) is 5.56 Å². The summed E-state index contributed by atoms with van der Waals surface area (Å²) in [6.07, 6.45) is 0. The van der Waals surface area contributed by atoms with E-state index in [9.17, 15) is 9.90 Å². The number of rotatable bonds is 2. The quantitative estimate of drug-likeness (QED) is 0.739. The number of ketones is 1. The lowest BCUT2D eigenvalue weighted by molar-refractivity contribution is 0.101. The zero-order valence-electron chi connectivity index (χ0n) is 9.00. The maximum Gasteiger partial charge on any atom is 0.160 e. The van der Waals surface area contributed by atoms with Crippen molar-refractivity contribution in [1.29, 1.82) is 0 Å². The number of carbonyl (C=O) groups is 1. The van der Waals surface area contributed by atoms with Crippen LogP contribution in [0.3, 0.4) is 0 Å². The standard InChI is InChI=1S/C9H10O3.C2H6/c1-6(10)7-3-4-9(12-2)8(11)5-7;1-2/h3-5,11H,1-2H3;1-2H3. The normalized spacial score (nSPS) is 8.57. The highest BCUT2D eigenvalue weighted by atomic mass is 16.5. The average Bonchev–Trinajstić information content (AvgIpc) is 2.20. The number of hydrogen-bond donors (Lipinski definition) is 1. The summed E-state index contributed by atoms with van der Waals surface area (Å²) in [6.45, 7) is 5.45. The second-order valence-electron chi connectivity index (χ2n) is 2.44. The van der Waals surface area contributed by atoms with Crippen LogP contribution in [0, 0.1) is 0 Å². The lowest BCUT2D eigenvalue weighted by Gasteiger charge is -2.03. The van der Waals surface area contributed by atoms with Crippen LogP contribution in [0.25, 0.3) is 0 Å². The number of phenols is 1. The zero-order chi connectivity index (χ0) is 11.1. The molecule has 0 aliphatic carbocycles. The van der Waals surface area contributed by atoms with Gasteiger partial charge in [0.05, 0.1) is 7.11 Å². The van der Waals surface area contributed by atoms with Crippen LogP contribution in [-0.2, 0) is 0 Å². The number of phenolic OH excluding ortho intramolecular Hbond substituents is 1. The SMILES string of the molecule is CC.COc1ccc(C(C)=O)cc1O. The van der Waals surface area contributed by atoms with E-state index in [1.54, 1.807) is 12.1 Å². The predicted octanol–water partition coefficient (Wildman–Crippen LogP) is 2.63. The van der Waals surface area contributed by atoms with Crippen molar-refractivity contribution in [3.05, 3.63) is 23.8 Å². The summed E-state index contributed by atoms with van der Waals surface area (Å²) in [4.78, 5) is 10.8. The van der Waals surface area contributed by atoms with Crippen LogP contribution in [-0.4, -0.2) is 18.0 Å². The summed E-state index contributed by atoms with van der Waals surface area (Å²) in [7, 11) is 1.46. The van der Waals surface area contributed by atoms with Gasteiger partial charge >= 0.3 is 0 Å². The molecular formula is C11H16O3. The fourth-order valence-corrected chi connectivity index (χ4v) is 0.909. The molecule has 0 bridgehead atoms. The van der Waals surface area contributed by atoms with Crippen LogP contribution < -0.4 is 4.74 Å². The largest absolute Gasteiger partial charge is 0.504 e. The molecule has 0 radical (unpaired) electrons. The third kappa shape index (κ3) is 3.09. The van der Waals surface area contributed by atoms with Gasteiger partial charge in [0.15, 0.2) is 17.3 Å². The molecule has 0 unspecified atom stereocenters. The number of aromatic hydroxyl groups is 1. The summed E-state index contributed by atoms with van der Waals surface area (Å²) in [5.74, 6) is 0.290. The number of hydrogen-bond acceptors (Lipinski definition) is 3. The fraction of sp³-hybridized carbons (Fsp3) is 0.364. The molecule has 0 heterocycles. The first kappa shape index (κ1) is 12.5. The first-order valence-corrected chi connectivity index (χ1v) is 4.53. The first-order valence-electron chi connectivity index (χ1n) is 4.53. The number of benzene rings is 1. The van der Waals surface area contributed by atoms with Crippen LogP contribution in [0.5, 0.6) is 11.5 Å². The van der Waals surface area contributed by atoms with E-state index in [0.29, 0.717) is 11.3 Å². The van der Waals surface area contributed by atoms with E-state index in [2.05, 4.69) is 0 Å². The Morgan fingerprint density at radius 2 is 1.93 bits per heavy atom. The molecule has 78 valence electrons. The average molecular weight is 196 g/mol. The molecule has 0 saturated heterocycles. The predicted molar refractivity (Wildman–Crippen MR) is 56.0 cm³/mol. The van der Waals surface area contributed by atoms with Crippen molar-refractivity contribution >= 4 is 5.78 Å². The van der Waals surface area contributed by atoms with Gasteiger partial charge in [0.25, 0.3) is 0 Å². The molecule has 1 rings (SSSR count). The molecule has 1 aromatic carbocycles. The summed E-state index contributed by atoms with van der Waals surface area (Å²) in [5, 5.41) is 9.26. The molecule has 0 saturated carbocycles. The van der Waals surface area contributed by atoms with Crippen molar-refractivity contribution in [2.45, 2.75) is 20.8 Å². The summed E-state index contributed by atoms with van der Waals surface area (Å²) in [5.41, 5.74) is 0.480. The second-order valence-corrected chi connectivity index (χ2v) is 2.44. The molecule has 14 heavy (non-hydrogen) atoms. The molecule has 1 N–H and O–H groups in total. The van der Waals surface area contributed by atoms with Crippen LogP contribution in [0.1, 0.15) is 31.1 Å². The smallest absolute Gasteiger partial charge is 0.160 e. The Balaban J connectivity index is 0.000000791. The van der Waals surface area contributed by atoms with Gasteiger partial charge in [-0.3, -0.25) is 4.79 Å². The zero-order valence-corrected chi connectivity index (χ0v) is 9.00. The molecule has 3 nitrogen and oxygen atoms in total. The maximum absolute atomic E-state index is 10.8. The van der Waals surface area contributed by atoms with Crippen LogP contribution in [0.15, 0.2) is 18.2 Å². The highest BCUT2D eigenvalue weighted by molar-refractivity contribution is 5.94. The van der Waals surface area contributed by atoms with Crippen LogP contribution >= 0.6 is 0 Å². The Bertz CT molecular complexity index is 305. The molecule has 1 aromatic rings. The third-order valence-electron chi connectivity index (χ3n) is 1.59. The summed E-state index contributed by atoms with van der Waals surface area (Å²) >= 11 is 0. The number of carbonyl (C=O) groups excluding carboxylic acids is 1. The maximum atomic E-state index is 10.8. The molecule has 0 spiro atoms. The first-order chi connectivity index (χ1) is 6.65. The number of ether oxygens (including phenoxy) is 1. The van der Waals surface area contributed by atoms with Gasteiger partial charge < -0.3 is 9.84 Å². The molecule has 0 aliphatic rings. The topological polar surface area (TPSA) is 46.5 Å². The fourth-order valence-electron chi connectivity index (χ4n) is 0.909. The van der Waals surface area contributed by atoms with E-state index in [4.69, 9.17) is 4.74 Å². The Morgan fingerprint density at radius 3 is 2.29 bits per heavy atom. The number of methoxy groups -OCH3 is 1. The van der Waals surface area contributed by atoms with Crippen LogP contribution in [0.4, 0.5) is 0 Å². The van der Waals surface area contributed by atoms with Gasteiger partial charge in [-0.25, -0.2) is 0 Å². The highest BCUT2D eigenvalue weighted by Gasteiger charge is 2.04. The summed E-state index contributed by atoms with van der Waals surface area (Å²) < 4.78 is 4.82. The molecule has 3 heteroatoms. The monoisotopic (exact) mass is 196 g/mol. The van der Waals surface area contributed by atoms with Gasteiger partial charge in [-0.2, -0.15) is 0 Å². The lowest BCUT2D eigenvalue weighted by Crippen LogP contribution is -1.92. The van der Waals surface area contributed by atoms with E-state index < -0.39 is 0 Å². The minimum atomic E-state index is -0.0760. The Kier molecular flexibility index (Phi) is 5.37. The lowest BCUT2D eigenvalue weighted by atomic mass is 10.1. The molecule has 0 aliphatic heterocycles. The van der Waals surface area contributed by atoms with Gasteiger partial charge in [-0.05, 0) is 25.1 Å². The molecule has 0 aromatic heterocycles. The molecule has 0 amide bonds. The molecule has 0 fully saturated rings. The Hall–Kier alpha value is -1.51. The highest BCUT2D eigenvalue weighted by Crippen LogP contribution is 2.26. The van der Waals surface area contributed by atoms with E-state index in [-0.39, 0.29) is 11.5 Å². The van der Waals surface area contributed by atoms with Gasteiger partial charge in [-0.15, -0.1) is 0 Å². The van der Waals surface area contributed by atoms with Gasteiger partial charge in [0.1, 0.15) is 0 Å². The van der Waals surface area contributed by atoms with E-state index in [0.717, 1.165) is 0 Å². The van der Waals surface area contributed by atoms with Crippen molar-refractivity contribution in [1.82, 2.24) is 0 Å². The van der Waals surface area contributed by atoms with Crippen molar-refractivity contribution in [2.75, 3.05) is 7.11 Å². The number of Topliss-reactive ketones (excluding diaryl/α,β-unsaturated/α-hetero) is 1. The summed E-state index contributed by atoms with van der Waals surface area (Å²) in [6, 6.07) is 4.56. The Labute approximate surface area is 84.3 Å². The van der Waals surface area contributed by atoms with Gasteiger partial charge in [-0.1, -0.05) is 13.8 Å². The second kappa shape index (κ2) is 6.02. The Morgan fingerprint density at radius 1 is 1.36 bits per heavy atom. The van der Waals surface area contributed by atoms with Crippen molar-refractivity contribution < 1.29 is 14.6 Å². The van der Waals surface area contributed by atoms with Crippen molar-refractivity contribution in [3.8, 4) is 11.5 Å². The third-order valence-corrected chi connectivity index (χ3v) is 1.59. The minimum Gasteiger partial charge on any atom is -0.504 e. The van der Waals surface area contributed by atoms with E-state index in [1.165, 1.54) is 20.1 Å². The van der Waals surface area contributed by atoms with E-state index >= 15 is 0 Å². The molecular weight excluding hydrogens is 180 g/mol. The van der Waals surface area contributed by atoms with E-state index in [1.807, 2.05) is 13.8 Å². The van der Waals surface area contributed by atoms with Crippen LogP contribution in [0.2, 0.25) is 0 Å². The van der Waals surface area contributed by atoms with Crippen molar-refractivity contribution in [3.63, 3.8) is 0 Å².